The van der Waals surface area contributed by atoms with Crippen LogP contribution in [0.2, 0.25) is 0 Å². The standard InChI is InChI=1S/C16H15NO9/c1-5-26-13(19)7(6-17)8-9(14(20)23-2)10(15(21)24-3)11(12(8)18)16(22)25-4/h18H,5H2,1-4H3/b8-7-. The van der Waals surface area contributed by atoms with Gasteiger partial charge in [-0.3, -0.25) is 0 Å². The Kier molecular flexibility index (Phi) is 6.66. The zero-order chi connectivity index (χ0) is 20.0. The van der Waals surface area contributed by atoms with Crippen molar-refractivity contribution >= 4 is 23.9 Å². The number of methoxy groups -OCH3 is 3. The summed E-state index contributed by atoms with van der Waals surface area (Å²) in [5.41, 5.74) is -3.62. The molecule has 1 aliphatic carbocycles. The molecule has 0 aromatic rings. The molecule has 0 aromatic carbocycles. The molecule has 1 rings (SSSR count). The molecule has 0 atom stereocenters. The average molecular weight is 365 g/mol. The first-order valence-electron chi connectivity index (χ1n) is 7.05. The van der Waals surface area contributed by atoms with Crippen molar-refractivity contribution in [2.24, 2.45) is 0 Å². The van der Waals surface area contributed by atoms with Gasteiger partial charge in [-0.2, -0.15) is 5.26 Å². The van der Waals surface area contributed by atoms with Crippen LogP contribution in [-0.4, -0.2) is 56.9 Å². The molecular weight excluding hydrogens is 350 g/mol. The average Bonchev–Trinajstić information content (AvgIpc) is 2.94. The molecule has 26 heavy (non-hydrogen) atoms. The van der Waals surface area contributed by atoms with E-state index < -0.39 is 57.5 Å². The third-order valence-electron chi connectivity index (χ3n) is 3.23. The van der Waals surface area contributed by atoms with Gasteiger partial charge in [0.15, 0.2) is 0 Å². The third kappa shape index (κ3) is 3.41. The lowest BCUT2D eigenvalue weighted by Crippen LogP contribution is -2.18. The van der Waals surface area contributed by atoms with Crippen molar-refractivity contribution in [2.75, 3.05) is 27.9 Å². The number of hydrogen-bond acceptors (Lipinski definition) is 10. The van der Waals surface area contributed by atoms with Gasteiger partial charge in [0, 0.05) is 0 Å². The maximum Gasteiger partial charge on any atom is 0.349 e. The number of nitrogens with zero attached hydrogens (tertiary/aromatic N) is 1. The van der Waals surface area contributed by atoms with Gasteiger partial charge >= 0.3 is 23.9 Å². The van der Waals surface area contributed by atoms with Crippen molar-refractivity contribution in [3.8, 4) is 6.07 Å². The molecule has 138 valence electrons. The van der Waals surface area contributed by atoms with Crippen molar-refractivity contribution in [3.05, 3.63) is 33.6 Å². The summed E-state index contributed by atoms with van der Waals surface area (Å²) in [5, 5.41) is 19.7. The van der Waals surface area contributed by atoms with Gasteiger partial charge in [-0.05, 0) is 6.92 Å². The van der Waals surface area contributed by atoms with Crippen LogP contribution in [0.4, 0.5) is 0 Å². The summed E-state index contributed by atoms with van der Waals surface area (Å²) in [6, 6.07) is 1.49. The SMILES string of the molecule is CCOC(=O)/C(C#N)=C1\C(O)=C(C(=O)OC)C(C(=O)OC)=C1C(=O)OC. The monoisotopic (exact) mass is 365 g/mol. The van der Waals surface area contributed by atoms with E-state index in [1.807, 2.05) is 0 Å². The second-order valence-electron chi connectivity index (χ2n) is 4.53. The lowest BCUT2D eigenvalue weighted by atomic mass is 10.00. The minimum Gasteiger partial charge on any atom is -0.506 e. The normalized spacial score (nSPS) is 15.2. The third-order valence-corrected chi connectivity index (χ3v) is 3.23. The molecule has 0 saturated heterocycles. The van der Waals surface area contributed by atoms with Crippen LogP contribution in [-0.2, 0) is 38.1 Å². The Labute approximate surface area is 147 Å². The van der Waals surface area contributed by atoms with Crippen molar-refractivity contribution in [1.29, 1.82) is 5.26 Å². The number of ether oxygens (including phenoxy) is 4. The highest BCUT2D eigenvalue weighted by molar-refractivity contribution is 6.18. The molecule has 0 spiro atoms. The highest BCUT2D eigenvalue weighted by Gasteiger charge is 2.44. The second kappa shape index (κ2) is 8.48. The van der Waals surface area contributed by atoms with E-state index >= 15 is 0 Å². The quantitative estimate of drug-likeness (QED) is 0.305. The summed E-state index contributed by atoms with van der Waals surface area (Å²) in [4.78, 5) is 48.3. The molecule has 1 N–H and O–H groups in total. The van der Waals surface area contributed by atoms with E-state index in [1.54, 1.807) is 0 Å². The van der Waals surface area contributed by atoms with Gasteiger partial charge in [-0.1, -0.05) is 0 Å². The summed E-state index contributed by atoms with van der Waals surface area (Å²) in [6.07, 6.45) is 0. The fraction of sp³-hybridized carbons (Fsp3) is 0.312. The molecular formula is C16H15NO9. The fourth-order valence-electron chi connectivity index (χ4n) is 2.18. The molecule has 0 fully saturated rings. The number of rotatable bonds is 5. The van der Waals surface area contributed by atoms with Gasteiger partial charge in [0.05, 0.1) is 44.7 Å². The molecule has 0 saturated carbocycles. The number of esters is 4. The first kappa shape index (κ1) is 20.4. The Balaban J connectivity index is 4.01. The van der Waals surface area contributed by atoms with E-state index in [1.165, 1.54) is 13.0 Å². The summed E-state index contributed by atoms with van der Waals surface area (Å²) < 4.78 is 18.3. The summed E-state index contributed by atoms with van der Waals surface area (Å²) in [7, 11) is 2.90. The summed E-state index contributed by atoms with van der Waals surface area (Å²) in [6.45, 7) is 1.37. The molecule has 10 nitrogen and oxygen atoms in total. The predicted molar refractivity (Wildman–Crippen MR) is 82.0 cm³/mol. The number of carbonyl (C=O) groups excluding carboxylic acids is 4. The number of aliphatic hydroxyl groups is 1. The second-order valence-corrected chi connectivity index (χ2v) is 4.53. The van der Waals surface area contributed by atoms with Gasteiger partial charge in [0.2, 0.25) is 0 Å². The van der Waals surface area contributed by atoms with Gasteiger partial charge < -0.3 is 24.1 Å². The molecule has 0 unspecified atom stereocenters. The number of nitriles is 1. The molecule has 0 bridgehead atoms. The van der Waals surface area contributed by atoms with Crippen molar-refractivity contribution in [3.63, 3.8) is 0 Å². The van der Waals surface area contributed by atoms with Gasteiger partial charge in [-0.25, -0.2) is 19.2 Å². The molecule has 1 aliphatic rings. The van der Waals surface area contributed by atoms with Crippen LogP contribution in [0.3, 0.4) is 0 Å². The van der Waals surface area contributed by atoms with Crippen LogP contribution in [0.5, 0.6) is 0 Å². The van der Waals surface area contributed by atoms with Gasteiger partial charge in [0.1, 0.15) is 23.0 Å². The van der Waals surface area contributed by atoms with E-state index in [9.17, 15) is 29.5 Å². The topological polar surface area (TPSA) is 149 Å². The minimum atomic E-state index is -1.19. The van der Waals surface area contributed by atoms with E-state index in [0.29, 0.717) is 0 Å². The van der Waals surface area contributed by atoms with Crippen LogP contribution in [0.15, 0.2) is 33.6 Å². The Morgan fingerprint density at radius 2 is 1.38 bits per heavy atom. The highest BCUT2D eigenvalue weighted by Crippen LogP contribution is 2.39. The van der Waals surface area contributed by atoms with Gasteiger partial charge in [-0.15, -0.1) is 0 Å². The van der Waals surface area contributed by atoms with Crippen LogP contribution >= 0.6 is 0 Å². The van der Waals surface area contributed by atoms with E-state index in [-0.39, 0.29) is 6.61 Å². The van der Waals surface area contributed by atoms with E-state index in [0.717, 1.165) is 21.3 Å². The summed E-state index contributed by atoms with van der Waals surface area (Å²) in [5.74, 6) is -5.73. The number of allylic oxidation sites excluding steroid dienone is 1. The summed E-state index contributed by atoms with van der Waals surface area (Å²) >= 11 is 0. The van der Waals surface area contributed by atoms with Crippen LogP contribution < -0.4 is 0 Å². The largest absolute Gasteiger partial charge is 0.506 e. The molecule has 0 amide bonds. The smallest absolute Gasteiger partial charge is 0.349 e. The van der Waals surface area contributed by atoms with Crippen molar-refractivity contribution in [2.45, 2.75) is 6.92 Å². The van der Waals surface area contributed by atoms with Crippen LogP contribution in [0.1, 0.15) is 6.92 Å². The molecule has 10 heteroatoms. The van der Waals surface area contributed by atoms with Crippen LogP contribution in [0, 0.1) is 11.3 Å². The fourth-order valence-corrected chi connectivity index (χ4v) is 2.18. The Bertz CT molecular complexity index is 808. The molecule has 0 aliphatic heterocycles. The number of carbonyl (C=O) groups is 4. The highest BCUT2D eigenvalue weighted by atomic mass is 16.5. The molecule has 0 heterocycles. The predicted octanol–water partition coefficient (Wildman–Crippen LogP) is 0.0110. The zero-order valence-electron chi connectivity index (χ0n) is 14.4. The van der Waals surface area contributed by atoms with Crippen molar-refractivity contribution in [1.82, 2.24) is 0 Å². The zero-order valence-corrected chi connectivity index (χ0v) is 14.4. The van der Waals surface area contributed by atoms with Gasteiger partial charge in [0.25, 0.3) is 0 Å². The number of aliphatic hydroxyl groups excluding tert-OH is 1. The van der Waals surface area contributed by atoms with Crippen LogP contribution in [0.25, 0.3) is 0 Å². The first-order chi connectivity index (χ1) is 12.3. The van der Waals surface area contributed by atoms with Crippen molar-refractivity contribution < 1.29 is 43.2 Å². The Hall–Kier alpha value is -3.61. The molecule has 0 aromatic heterocycles. The van der Waals surface area contributed by atoms with E-state index in [4.69, 9.17) is 4.74 Å². The van der Waals surface area contributed by atoms with E-state index in [2.05, 4.69) is 14.2 Å². The minimum absolute atomic E-state index is 0.104. The Morgan fingerprint density at radius 3 is 1.81 bits per heavy atom. The first-order valence-corrected chi connectivity index (χ1v) is 7.05. The number of hydrogen-bond donors (Lipinski definition) is 1. The maximum atomic E-state index is 12.2. The molecule has 0 radical (unpaired) electrons. The Morgan fingerprint density at radius 1 is 0.923 bits per heavy atom. The lowest BCUT2D eigenvalue weighted by Gasteiger charge is -2.09. The lowest BCUT2D eigenvalue weighted by molar-refractivity contribution is -0.140. The maximum absolute atomic E-state index is 12.2.